The maximum Gasteiger partial charge on any atom is 0.0861 e. The van der Waals surface area contributed by atoms with Gasteiger partial charge in [-0.05, 0) is 32.6 Å². The van der Waals surface area contributed by atoms with Gasteiger partial charge in [-0.1, -0.05) is 56.4 Å². The number of rotatable bonds is 1. The van der Waals surface area contributed by atoms with Crippen molar-refractivity contribution >= 4 is 0 Å². The van der Waals surface area contributed by atoms with Crippen LogP contribution in [0.15, 0.2) is 24.3 Å². The standard InChI is InChI=1S/C15H26O/c1-2-12-15(16)13-10-8-6-4-3-5-7-9-11-14-15/h2,8,10,12,16H,3-7,9,11,13-14H2,1H3/b10-8-,12-2-. The summed E-state index contributed by atoms with van der Waals surface area (Å²) in [4.78, 5) is 0. The average Bonchev–Trinajstić information content (AvgIpc) is 2.24. The Balaban J connectivity index is 2.52. The van der Waals surface area contributed by atoms with Crippen molar-refractivity contribution in [3.8, 4) is 0 Å². The van der Waals surface area contributed by atoms with E-state index in [1.54, 1.807) is 0 Å². The van der Waals surface area contributed by atoms with Crippen LogP contribution in [0, 0.1) is 0 Å². The van der Waals surface area contributed by atoms with Crippen LogP contribution < -0.4 is 0 Å². The number of hydrogen-bond acceptors (Lipinski definition) is 1. The lowest BCUT2D eigenvalue weighted by Crippen LogP contribution is -2.24. The van der Waals surface area contributed by atoms with Gasteiger partial charge in [0.05, 0.1) is 5.60 Å². The van der Waals surface area contributed by atoms with Gasteiger partial charge in [-0.3, -0.25) is 0 Å². The van der Waals surface area contributed by atoms with Gasteiger partial charge in [0.25, 0.3) is 0 Å². The molecule has 0 aliphatic heterocycles. The maximum atomic E-state index is 10.4. The molecule has 0 saturated heterocycles. The zero-order valence-electron chi connectivity index (χ0n) is 10.6. The maximum absolute atomic E-state index is 10.4. The van der Waals surface area contributed by atoms with Crippen molar-refractivity contribution < 1.29 is 5.11 Å². The molecule has 0 radical (unpaired) electrons. The van der Waals surface area contributed by atoms with Gasteiger partial charge in [0.15, 0.2) is 0 Å². The smallest absolute Gasteiger partial charge is 0.0861 e. The highest BCUT2D eigenvalue weighted by Crippen LogP contribution is 2.23. The summed E-state index contributed by atoms with van der Waals surface area (Å²) < 4.78 is 0. The van der Waals surface area contributed by atoms with Crippen LogP contribution in [0.3, 0.4) is 0 Å². The molecule has 1 atom stereocenters. The Labute approximate surface area is 100 Å². The number of aliphatic hydroxyl groups is 1. The van der Waals surface area contributed by atoms with Gasteiger partial charge in [0.2, 0.25) is 0 Å². The Morgan fingerprint density at radius 3 is 2.44 bits per heavy atom. The lowest BCUT2D eigenvalue weighted by molar-refractivity contribution is 0.0812. The van der Waals surface area contributed by atoms with Gasteiger partial charge in [0.1, 0.15) is 0 Å². The van der Waals surface area contributed by atoms with Crippen LogP contribution in [0.4, 0.5) is 0 Å². The van der Waals surface area contributed by atoms with Gasteiger partial charge in [-0.25, -0.2) is 0 Å². The molecule has 1 aliphatic rings. The summed E-state index contributed by atoms with van der Waals surface area (Å²) in [6, 6.07) is 0. The second-order valence-electron chi connectivity index (χ2n) is 4.94. The zero-order chi connectivity index (χ0) is 11.7. The van der Waals surface area contributed by atoms with E-state index in [9.17, 15) is 5.11 Å². The molecule has 0 heterocycles. The fourth-order valence-corrected chi connectivity index (χ4v) is 2.37. The van der Waals surface area contributed by atoms with E-state index >= 15 is 0 Å². The summed E-state index contributed by atoms with van der Waals surface area (Å²) in [6.45, 7) is 1.98. The first-order valence-electron chi connectivity index (χ1n) is 6.78. The van der Waals surface area contributed by atoms with Gasteiger partial charge >= 0.3 is 0 Å². The normalized spacial score (nSPS) is 31.9. The summed E-state index contributed by atoms with van der Waals surface area (Å²) in [7, 11) is 0. The van der Waals surface area contributed by atoms with Crippen molar-refractivity contribution in [2.75, 3.05) is 0 Å². The zero-order valence-corrected chi connectivity index (χ0v) is 10.6. The molecule has 0 aromatic carbocycles. The second-order valence-corrected chi connectivity index (χ2v) is 4.94. The molecule has 92 valence electrons. The minimum Gasteiger partial charge on any atom is -0.385 e. The predicted octanol–water partition coefficient (Wildman–Crippen LogP) is 4.37. The molecule has 0 saturated carbocycles. The van der Waals surface area contributed by atoms with Crippen LogP contribution in [0.25, 0.3) is 0 Å². The topological polar surface area (TPSA) is 20.2 Å². The fraction of sp³-hybridized carbons (Fsp3) is 0.733. The Hall–Kier alpha value is -0.560. The van der Waals surface area contributed by atoms with Gasteiger partial charge in [-0.15, -0.1) is 0 Å². The van der Waals surface area contributed by atoms with Crippen LogP contribution in [-0.2, 0) is 0 Å². The Kier molecular flexibility index (Phi) is 6.47. The van der Waals surface area contributed by atoms with Crippen molar-refractivity contribution in [1.82, 2.24) is 0 Å². The van der Waals surface area contributed by atoms with Crippen LogP contribution in [0.1, 0.15) is 64.7 Å². The molecular formula is C15H26O. The molecule has 1 rings (SSSR count). The molecule has 16 heavy (non-hydrogen) atoms. The monoisotopic (exact) mass is 222 g/mol. The molecule has 1 heteroatoms. The molecule has 0 spiro atoms. The average molecular weight is 222 g/mol. The Morgan fingerprint density at radius 1 is 1.00 bits per heavy atom. The molecule has 0 aromatic heterocycles. The summed E-state index contributed by atoms with van der Waals surface area (Å²) >= 11 is 0. The van der Waals surface area contributed by atoms with Crippen LogP contribution >= 0.6 is 0 Å². The van der Waals surface area contributed by atoms with E-state index in [0.29, 0.717) is 0 Å². The summed E-state index contributed by atoms with van der Waals surface area (Å²) in [6.07, 6.45) is 18.9. The van der Waals surface area contributed by atoms with E-state index in [0.717, 1.165) is 19.3 Å². The SMILES string of the molecule is C/C=C\C1(O)C/C=C\CCCCCCCC1. The second kappa shape index (κ2) is 7.67. The summed E-state index contributed by atoms with van der Waals surface area (Å²) in [5.41, 5.74) is -0.593. The highest BCUT2D eigenvalue weighted by Gasteiger charge is 2.20. The minimum absolute atomic E-state index is 0.593. The summed E-state index contributed by atoms with van der Waals surface area (Å²) in [5, 5.41) is 10.4. The molecular weight excluding hydrogens is 196 g/mol. The lowest BCUT2D eigenvalue weighted by atomic mass is 9.91. The third-order valence-electron chi connectivity index (χ3n) is 3.35. The molecule has 0 amide bonds. The van der Waals surface area contributed by atoms with Crippen molar-refractivity contribution in [2.45, 2.75) is 70.3 Å². The van der Waals surface area contributed by atoms with Crippen LogP contribution in [0.5, 0.6) is 0 Å². The Morgan fingerprint density at radius 2 is 1.69 bits per heavy atom. The third-order valence-corrected chi connectivity index (χ3v) is 3.35. The highest BCUT2D eigenvalue weighted by atomic mass is 16.3. The third kappa shape index (κ3) is 5.50. The lowest BCUT2D eigenvalue weighted by Gasteiger charge is -2.23. The highest BCUT2D eigenvalue weighted by molar-refractivity contribution is 5.04. The van der Waals surface area contributed by atoms with E-state index in [1.165, 1.54) is 38.5 Å². The number of hydrogen-bond donors (Lipinski definition) is 1. The van der Waals surface area contributed by atoms with Gasteiger partial charge < -0.3 is 5.11 Å². The molecule has 1 aliphatic carbocycles. The first-order valence-corrected chi connectivity index (χ1v) is 6.78. The molecule has 0 aromatic rings. The van der Waals surface area contributed by atoms with Crippen molar-refractivity contribution in [1.29, 1.82) is 0 Å². The molecule has 1 nitrogen and oxygen atoms in total. The minimum atomic E-state index is -0.593. The van der Waals surface area contributed by atoms with E-state index in [1.807, 2.05) is 19.1 Å². The first kappa shape index (κ1) is 13.5. The van der Waals surface area contributed by atoms with Gasteiger partial charge in [0, 0.05) is 0 Å². The Bertz CT molecular complexity index is 230. The molecule has 0 fully saturated rings. The van der Waals surface area contributed by atoms with Crippen molar-refractivity contribution in [2.24, 2.45) is 0 Å². The van der Waals surface area contributed by atoms with Crippen molar-refractivity contribution in [3.63, 3.8) is 0 Å². The van der Waals surface area contributed by atoms with E-state index in [2.05, 4.69) is 12.2 Å². The van der Waals surface area contributed by atoms with E-state index in [-0.39, 0.29) is 0 Å². The first-order chi connectivity index (χ1) is 7.77. The molecule has 0 bridgehead atoms. The van der Waals surface area contributed by atoms with Gasteiger partial charge in [-0.2, -0.15) is 0 Å². The van der Waals surface area contributed by atoms with Crippen LogP contribution in [0.2, 0.25) is 0 Å². The fourth-order valence-electron chi connectivity index (χ4n) is 2.37. The largest absolute Gasteiger partial charge is 0.385 e. The molecule has 1 N–H and O–H groups in total. The summed E-state index contributed by atoms with van der Waals surface area (Å²) in [5.74, 6) is 0. The molecule has 1 unspecified atom stereocenters. The van der Waals surface area contributed by atoms with E-state index in [4.69, 9.17) is 0 Å². The quantitative estimate of drug-likeness (QED) is 0.653. The predicted molar refractivity (Wildman–Crippen MR) is 70.5 cm³/mol. The number of allylic oxidation sites excluding steroid dienone is 2. The van der Waals surface area contributed by atoms with Crippen molar-refractivity contribution in [3.05, 3.63) is 24.3 Å². The van der Waals surface area contributed by atoms with E-state index < -0.39 is 5.60 Å². The van der Waals surface area contributed by atoms with Crippen LogP contribution in [-0.4, -0.2) is 10.7 Å².